The first-order valence-electron chi connectivity index (χ1n) is 12.9. The van der Waals surface area contributed by atoms with Crippen molar-refractivity contribution in [3.05, 3.63) is 65.4 Å². The number of halogens is 1. The number of pyridine rings is 1. The molecule has 1 N–H and O–H groups in total. The Bertz CT molecular complexity index is 1140. The average molecular weight is 490 g/mol. The molecule has 2 aromatic rings. The molecule has 2 fully saturated rings. The number of benzene rings is 1. The zero-order valence-corrected chi connectivity index (χ0v) is 21.3. The Kier molecular flexibility index (Phi) is 9.11. The Hall–Kier alpha value is -3.19. The van der Waals surface area contributed by atoms with Crippen LogP contribution < -0.4 is 5.32 Å². The van der Waals surface area contributed by atoms with E-state index >= 15 is 0 Å². The van der Waals surface area contributed by atoms with E-state index in [9.17, 15) is 4.39 Å². The Balaban J connectivity index is 1.65. The van der Waals surface area contributed by atoms with Crippen molar-refractivity contribution in [2.24, 2.45) is 21.1 Å². The number of piperidine rings is 1. The average Bonchev–Trinajstić information content (AvgIpc) is 2.91. The van der Waals surface area contributed by atoms with Crippen LogP contribution >= 0.6 is 0 Å². The van der Waals surface area contributed by atoms with Crippen LogP contribution in [0.1, 0.15) is 57.4 Å². The maximum absolute atomic E-state index is 14.3. The highest BCUT2D eigenvalue weighted by atomic mass is 19.1. The molecule has 190 valence electrons. The van der Waals surface area contributed by atoms with Gasteiger partial charge in [0.1, 0.15) is 12.4 Å². The molecule has 2 aliphatic rings. The van der Waals surface area contributed by atoms with E-state index in [0.29, 0.717) is 31.9 Å². The number of hydrogen-bond acceptors (Lipinski definition) is 6. The van der Waals surface area contributed by atoms with Crippen LogP contribution in [-0.4, -0.2) is 49.4 Å². The summed E-state index contributed by atoms with van der Waals surface area (Å²) in [6.07, 6.45) is 8.23. The van der Waals surface area contributed by atoms with Gasteiger partial charge in [0.2, 0.25) is 0 Å². The van der Waals surface area contributed by atoms with Crippen molar-refractivity contribution in [1.29, 1.82) is 0 Å². The molecule has 2 heterocycles. The predicted octanol–water partition coefficient (Wildman–Crippen LogP) is 5.96. The second-order valence-corrected chi connectivity index (χ2v) is 9.47. The Morgan fingerprint density at radius 2 is 2.00 bits per heavy atom. The van der Waals surface area contributed by atoms with Gasteiger partial charge in [-0.1, -0.05) is 17.3 Å². The fourth-order valence-electron chi connectivity index (χ4n) is 5.21. The summed E-state index contributed by atoms with van der Waals surface area (Å²) in [7, 11) is 0. The molecule has 6 nitrogen and oxygen atoms in total. The number of aliphatic imine (C=N–C) groups is 2. The highest BCUT2D eigenvalue weighted by molar-refractivity contribution is 6.27. The minimum atomic E-state index is -0.265. The fourth-order valence-corrected chi connectivity index (χ4v) is 5.21. The van der Waals surface area contributed by atoms with Crippen molar-refractivity contribution in [3.63, 3.8) is 0 Å². The molecule has 0 radical (unpaired) electrons. The molecule has 1 aromatic heterocycles. The second kappa shape index (κ2) is 12.7. The zero-order valence-electron chi connectivity index (χ0n) is 21.3. The van der Waals surface area contributed by atoms with E-state index in [1.807, 2.05) is 32.0 Å². The first-order valence-corrected chi connectivity index (χ1v) is 12.9. The van der Waals surface area contributed by atoms with Gasteiger partial charge in [0.25, 0.3) is 0 Å². The maximum atomic E-state index is 14.3. The summed E-state index contributed by atoms with van der Waals surface area (Å²) >= 11 is 0. The Morgan fingerprint density at radius 1 is 1.19 bits per heavy atom. The van der Waals surface area contributed by atoms with E-state index in [0.717, 1.165) is 58.9 Å². The molecule has 1 aliphatic heterocycles. The molecule has 1 saturated heterocycles. The Morgan fingerprint density at radius 3 is 2.72 bits per heavy atom. The molecule has 0 amide bonds. The zero-order chi connectivity index (χ0) is 25.3. The molecular formula is C29H36FN5O. The minimum Gasteiger partial charge on any atom is -0.396 e. The number of aromatic nitrogens is 1. The van der Waals surface area contributed by atoms with Gasteiger partial charge in [-0.15, -0.1) is 0 Å². The lowest BCUT2D eigenvalue weighted by molar-refractivity contribution is 0.122. The number of nitrogens with one attached hydrogen (secondary N) is 1. The fraction of sp³-hybridized carbons (Fsp3) is 0.448. The number of nitrogens with zero attached hydrogens (tertiary/aromatic N) is 4. The van der Waals surface area contributed by atoms with E-state index in [1.165, 1.54) is 18.9 Å². The van der Waals surface area contributed by atoms with E-state index < -0.39 is 0 Å². The minimum absolute atomic E-state index is 0.0687. The SMILES string of the molecule is C=N/C(C)=C1\C(=NCC)CC(c2ccc(F)cc2-c2cccnc2)C\C1=N/OCCC1CCNCC1. The molecule has 36 heavy (non-hydrogen) atoms. The monoisotopic (exact) mass is 489 g/mol. The van der Waals surface area contributed by atoms with Crippen LogP contribution in [0.15, 0.2) is 69.1 Å². The van der Waals surface area contributed by atoms with Gasteiger partial charge in [0.15, 0.2) is 0 Å². The largest absolute Gasteiger partial charge is 0.396 e. The quantitative estimate of drug-likeness (QED) is 0.282. The maximum Gasteiger partial charge on any atom is 0.123 e. The summed E-state index contributed by atoms with van der Waals surface area (Å²) in [5, 5.41) is 8.04. The van der Waals surface area contributed by atoms with Crippen molar-refractivity contribution in [1.82, 2.24) is 10.3 Å². The summed E-state index contributed by atoms with van der Waals surface area (Å²) in [5.41, 5.74) is 6.29. The standard InChI is InChI=1S/C29H36FN5O/c1-4-34-27-16-23(25-8-7-24(30)18-26(25)22-6-5-12-33-19-22)17-28(29(27)20(2)31-3)35-36-15-11-21-9-13-32-14-10-21/h5-8,12,18-19,21,23,32H,3-4,9-11,13-17H2,1-2H3/b29-20+,34-27?,35-28+. The van der Waals surface area contributed by atoms with Crippen LogP contribution in [0.2, 0.25) is 0 Å². The third kappa shape index (κ3) is 6.32. The van der Waals surface area contributed by atoms with Crippen LogP contribution in [0.5, 0.6) is 0 Å². The van der Waals surface area contributed by atoms with Crippen LogP contribution in [0.3, 0.4) is 0 Å². The van der Waals surface area contributed by atoms with Crippen LogP contribution in [-0.2, 0) is 4.84 Å². The first kappa shape index (κ1) is 25.9. The van der Waals surface area contributed by atoms with Gasteiger partial charge in [0.05, 0.1) is 5.71 Å². The highest BCUT2D eigenvalue weighted by Crippen LogP contribution is 2.39. The summed E-state index contributed by atoms with van der Waals surface area (Å²) in [5.74, 6) is 0.480. The van der Waals surface area contributed by atoms with E-state index in [1.54, 1.807) is 18.5 Å². The van der Waals surface area contributed by atoms with Crippen molar-refractivity contribution in [2.45, 2.75) is 51.9 Å². The molecule has 1 atom stereocenters. The first-order chi connectivity index (χ1) is 17.6. The van der Waals surface area contributed by atoms with Gasteiger partial charge in [-0.3, -0.25) is 15.0 Å². The summed E-state index contributed by atoms with van der Waals surface area (Å²) < 4.78 is 14.3. The molecule has 1 aliphatic carbocycles. The second-order valence-electron chi connectivity index (χ2n) is 9.47. The van der Waals surface area contributed by atoms with Crippen molar-refractivity contribution < 1.29 is 9.23 Å². The predicted molar refractivity (Wildman–Crippen MR) is 145 cm³/mol. The van der Waals surface area contributed by atoms with Gasteiger partial charge in [0, 0.05) is 47.9 Å². The molecule has 1 saturated carbocycles. The number of oxime groups is 1. The van der Waals surface area contributed by atoms with Gasteiger partial charge < -0.3 is 10.2 Å². The molecule has 0 spiro atoms. The van der Waals surface area contributed by atoms with Crippen molar-refractivity contribution in [3.8, 4) is 11.1 Å². The molecule has 7 heteroatoms. The third-order valence-corrected chi connectivity index (χ3v) is 7.08. The number of allylic oxidation sites excluding steroid dienone is 2. The van der Waals surface area contributed by atoms with Gasteiger partial charge >= 0.3 is 0 Å². The molecule has 0 bridgehead atoms. The highest BCUT2D eigenvalue weighted by Gasteiger charge is 2.32. The van der Waals surface area contributed by atoms with E-state index in [-0.39, 0.29) is 11.7 Å². The van der Waals surface area contributed by atoms with E-state index in [2.05, 4.69) is 27.2 Å². The van der Waals surface area contributed by atoms with E-state index in [4.69, 9.17) is 9.83 Å². The van der Waals surface area contributed by atoms with Crippen LogP contribution in [0.25, 0.3) is 11.1 Å². The molecular weight excluding hydrogens is 453 g/mol. The van der Waals surface area contributed by atoms with Gasteiger partial charge in [-0.25, -0.2) is 4.39 Å². The molecule has 4 rings (SSSR count). The number of rotatable bonds is 8. The topological polar surface area (TPSA) is 71.2 Å². The lowest BCUT2D eigenvalue weighted by Gasteiger charge is -2.29. The van der Waals surface area contributed by atoms with Crippen molar-refractivity contribution >= 4 is 18.1 Å². The summed E-state index contributed by atoms with van der Waals surface area (Å²) in [6, 6.07) is 8.84. The Labute approximate surface area is 213 Å². The normalized spacial score (nSPS) is 22.6. The van der Waals surface area contributed by atoms with Crippen molar-refractivity contribution in [2.75, 3.05) is 26.2 Å². The summed E-state index contributed by atoms with van der Waals surface area (Å²) in [4.78, 5) is 19.2. The molecule has 1 unspecified atom stereocenters. The van der Waals surface area contributed by atoms with Crippen LogP contribution in [0.4, 0.5) is 4.39 Å². The van der Waals surface area contributed by atoms with Gasteiger partial charge in [-0.05, 0) is 100 Å². The van der Waals surface area contributed by atoms with Crippen LogP contribution in [0, 0.1) is 11.7 Å². The van der Waals surface area contributed by atoms with Gasteiger partial charge in [-0.2, -0.15) is 0 Å². The number of hydrogen-bond donors (Lipinski definition) is 1. The third-order valence-electron chi connectivity index (χ3n) is 7.08. The lowest BCUT2D eigenvalue weighted by atomic mass is 9.76. The molecule has 1 aromatic carbocycles. The summed E-state index contributed by atoms with van der Waals surface area (Å²) in [6.45, 7) is 11.1. The smallest absolute Gasteiger partial charge is 0.123 e. The lowest BCUT2D eigenvalue weighted by Crippen LogP contribution is -2.28.